The van der Waals surface area contributed by atoms with E-state index in [1.54, 1.807) is 0 Å². The molecule has 15 N–H and O–H groups in total. The molecule has 0 aromatic carbocycles. The number of carbonyl (C=O) groups is 3. The lowest BCUT2D eigenvalue weighted by molar-refractivity contribution is -0.207. The van der Waals surface area contributed by atoms with Gasteiger partial charge < -0.3 is 81.9 Å². The second-order valence-corrected chi connectivity index (χ2v) is 19.1. The third-order valence-corrected chi connectivity index (χ3v) is 15.5. The molecular weight excluding hydrogens is 802 g/mol. The summed E-state index contributed by atoms with van der Waals surface area (Å²) in [5, 5.41) is 136. The molecule has 0 bridgehead atoms. The van der Waals surface area contributed by atoms with Crippen molar-refractivity contribution in [2.75, 3.05) is 39.4 Å². The lowest BCUT2D eigenvalue weighted by Gasteiger charge is -2.63. The summed E-state index contributed by atoms with van der Waals surface area (Å²) in [4.78, 5) is 40.3. The molecule has 19 nitrogen and oxygen atoms in total. The summed E-state index contributed by atoms with van der Waals surface area (Å²) in [5.74, 6) is -1.73. The van der Waals surface area contributed by atoms with Crippen molar-refractivity contribution in [3.8, 4) is 0 Å². The predicted molar refractivity (Wildman–Crippen MR) is 216 cm³/mol. The molecule has 0 unspecified atom stereocenters. The molecule has 4 saturated carbocycles. The fraction of sp³-hybridized carbons (Fsp3) is 0.929. The number of aliphatic hydroxyl groups is 13. The quantitative estimate of drug-likeness (QED) is 0.0462. The van der Waals surface area contributed by atoms with Gasteiger partial charge in [0, 0.05) is 32.6 Å². The SMILES string of the molecule is C[C@H](CCC(=O)N(CCCNC(=O)[C@H](O)[C@H](O)[C@H](O)[C@@H](O)CO)CCCNC(=O)[C@H](O)[C@H](O)[C@H](O)[C@@H](O)CO)[C@@H]1CC[C@H]2[C@@H]3[C@@H](C[C@H](O)[C@@]21C)[C@@]1(C)CC[C@H](O)C[C@H]1C[C@@H]3O. The van der Waals surface area contributed by atoms with E-state index in [0.717, 1.165) is 25.7 Å². The highest BCUT2D eigenvalue weighted by Crippen LogP contribution is 2.68. The average Bonchev–Trinajstić information content (AvgIpc) is 3.61. The molecule has 4 aliphatic rings. The molecule has 0 aromatic heterocycles. The minimum atomic E-state index is -2.13. The Balaban J connectivity index is 1.37. The number of nitrogens with zero attached hydrogens (tertiary/aromatic N) is 1. The van der Waals surface area contributed by atoms with Gasteiger partial charge in [0.05, 0.1) is 31.5 Å². The van der Waals surface area contributed by atoms with E-state index in [1.807, 2.05) is 0 Å². The summed E-state index contributed by atoms with van der Waals surface area (Å²) in [6.07, 6.45) is -11.3. The Morgan fingerprint density at radius 3 is 1.74 bits per heavy atom. The van der Waals surface area contributed by atoms with E-state index in [2.05, 4.69) is 31.4 Å². The first-order chi connectivity index (χ1) is 28.6. The first-order valence-electron chi connectivity index (χ1n) is 22.2. The molecule has 19 atom stereocenters. The van der Waals surface area contributed by atoms with Crippen molar-refractivity contribution < 1.29 is 80.8 Å². The molecular formula is C42H75N3O16. The van der Waals surface area contributed by atoms with Crippen LogP contribution in [0.4, 0.5) is 0 Å². The average molecular weight is 878 g/mol. The Morgan fingerprint density at radius 1 is 0.705 bits per heavy atom. The number of amides is 3. The normalized spacial score (nSPS) is 35.5. The van der Waals surface area contributed by atoms with Crippen LogP contribution in [0.3, 0.4) is 0 Å². The van der Waals surface area contributed by atoms with Crippen LogP contribution in [-0.2, 0) is 14.4 Å². The minimum absolute atomic E-state index is 0.0275. The maximum atomic E-state index is 13.9. The van der Waals surface area contributed by atoms with E-state index < -0.39 is 91.5 Å². The van der Waals surface area contributed by atoms with Crippen molar-refractivity contribution in [1.29, 1.82) is 0 Å². The zero-order chi connectivity index (χ0) is 45.6. The van der Waals surface area contributed by atoms with Crippen molar-refractivity contribution in [1.82, 2.24) is 15.5 Å². The summed E-state index contributed by atoms with van der Waals surface area (Å²) in [7, 11) is 0. The number of nitrogens with one attached hydrogen (secondary N) is 2. The van der Waals surface area contributed by atoms with Crippen molar-refractivity contribution in [3.05, 3.63) is 0 Å². The number of fused-ring (bicyclic) bond motifs is 5. The van der Waals surface area contributed by atoms with E-state index >= 15 is 0 Å². The van der Waals surface area contributed by atoms with Crippen LogP contribution in [0.5, 0.6) is 0 Å². The summed E-state index contributed by atoms with van der Waals surface area (Å²) in [5.41, 5.74) is -0.524. The van der Waals surface area contributed by atoms with Gasteiger partial charge in [-0.05, 0) is 111 Å². The van der Waals surface area contributed by atoms with Gasteiger partial charge in [0.25, 0.3) is 11.8 Å². The van der Waals surface area contributed by atoms with Crippen molar-refractivity contribution in [2.24, 2.45) is 46.3 Å². The molecule has 0 saturated heterocycles. The Bertz CT molecular complexity index is 1380. The molecule has 0 heterocycles. The van der Waals surface area contributed by atoms with Gasteiger partial charge in [-0.3, -0.25) is 14.4 Å². The monoisotopic (exact) mass is 878 g/mol. The van der Waals surface area contributed by atoms with Gasteiger partial charge in [-0.1, -0.05) is 20.8 Å². The van der Waals surface area contributed by atoms with E-state index in [0.29, 0.717) is 25.7 Å². The number of hydrogen-bond acceptors (Lipinski definition) is 16. The summed E-state index contributed by atoms with van der Waals surface area (Å²) in [6, 6.07) is 0. The fourth-order valence-electron chi connectivity index (χ4n) is 11.7. The van der Waals surface area contributed by atoms with E-state index in [4.69, 9.17) is 10.2 Å². The summed E-state index contributed by atoms with van der Waals surface area (Å²) >= 11 is 0. The van der Waals surface area contributed by atoms with Crippen LogP contribution in [0.1, 0.15) is 91.4 Å². The first kappa shape index (κ1) is 51.5. The van der Waals surface area contributed by atoms with Crippen LogP contribution >= 0.6 is 0 Å². The van der Waals surface area contributed by atoms with Crippen molar-refractivity contribution in [3.63, 3.8) is 0 Å². The van der Waals surface area contributed by atoms with Crippen LogP contribution < -0.4 is 10.6 Å². The van der Waals surface area contributed by atoms with Crippen LogP contribution in [0.2, 0.25) is 0 Å². The van der Waals surface area contributed by atoms with Crippen LogP contribution in [-0.4, -0.2) is 196 Å². The van der Waals surface area contributed by atoms with Crippen LogP contribution in [0, 0.1) is 46.3 Å². The maximum absolute atomic E-state index is 13.9. The van der Waals surface area contributed by atoms with E-state index in [1.165, 1.54) is 4.90 Å². The van der Waals surface area contributed by atoms with E-state index in [9.17, 15) is 70.6 Å². The Labute approximate surface area is 357 Å². The summed E-state index contributed by atoms with van der Waals surface area (Å²) in [6.45, 7) is 4.76. The van der Waals surface area contributed by atoms with Gasteiger partial charge >= 0.3 is 0 Å². The van der Waals surface area contributed by atoms with Gasteiger partial charge in [-0.25, -0.2) is 0 Å². The van der Waals surface area contributed by atoms with Gasteiger partial charge in [-0.2, -0.15) is 0 Å². The lowest BCUT2D eigenvalue weighted by Crippen LogP contribution is -2.62. The second kappa shape index (κ2) is 22.2. The zero-order valence-corrected chi connectivity index (χ0v) is 35.8. The molecule has 354 valence electrons. The minimum Gasteiger partial charge on any atom is -0.394 e. The van der Waals surface area contributed by atoms with Crippen LogP contribution in [0.25, 0.3) is 0 Å². The van der Waals surface area contributed by atoms with Crippen molar-refractivity contribution in [2.45, 2.75) is 159 Å². The summed E-state index contributed by atoms with van der Waals surface area (Å²) < 4.78 is 0. The molecule has 0 aliphatic heterocycles. The third-order valence-electron chi connectivity index (χ3n) is 15.5. The Morgan fingerprint density at radius 2 is 1.23 bits per heavy atom. The van der Waals surface area contributed by atoms with E-state index in [-0.39, 0.29) is 98.4 Å². The number of aliphatic hydroxyl groups excluding tert-OH is 13. The largest absolute Gasteiger partial charge is 0.394 e. The molecule has 4 fully saturated rings. The first-order valence-corrected chi connectivity index (χ1v) is 22.2. The van der Waals surface area contributed by atoms with Crippen LogP contribution in [0.15, 0.2) is 0 Å². The molecule has 19 heteroatoms. The number of carbonyl (C=O) groups excluding carboxylic acids is 3. The Hall–Kier alpha value is -2.11. The molecule has 3 amide bonds. The van der Waals surface area contributed by atoms with Gasteiger partial charge in [0.1, 0.15) is 36.6 Å². The molecule has 0 spiro atoms. The highest BCUT2D eigenvalue weighted by molar-refractivity contribution is 5.81. The number of hydrogen-bond donors (Lipinski definition) is 15. The maximum Gasteiger partial charge on any atom is 0.251 e. The molecule has 0 aromatic rings. The van der Waals surface area contributed by atoms with Gasteiger partial charge in [0.15, 0.2) is 12.2 Å². The third kappa shape index (κ3) is 11.4. The lowest BCUT2D eigenvalue weighted by atomic mass is 9.43. The molecule has 4 aliphatic carbocycles. The van der Waals surface area contributed by atoms with Crippen molar-refractivity contribution >= 4 is 17.7 Å². The zero-order valence-electron chi connectivity index (χ0n) is 35.8. The molecule has 4 rings (SSSR count). The van der Waals surface area contributed by atoms with Gasteiger partial charge in [0.2, 0.25) is 5.91 Å². The Kier molecular flexibility index (Phi) is 18.7. The smallest absolute Gasteiger partial charge is 0.251 e. The fourth-order valence-corrected chi connectivity index (χ4v) is 11.7. The highest BCUT2D eigenvalue weighted by atomic mass is 16.4. The topological polar surface area (TPSA) is 342 Å². The number of rotatable bonds is 22. The molecule has 61 heavy (non-hydrogen) atoms. The second-order valence-electron chi connectivity index (χ2n) is 19.1. The predicted octanol–water partition coefficient (Wildman–Crippen LogP) is -3.92. The van der Waals surface area contributed by atoms with Gasteiger partial charge in [-0.15, -0.1) is 0 Å². The standard InChI is InChI=1S/C42H75N3O16/c1-21(24-7-8-25-32-26(18-30(52)42(24,25)3)41(2)11-10-23(48)16-22(41)17-27(32)49)6-9-31(53)45(14-4-12-43-39(60)37(58)35(56)33(54)28(50)19-46)15-5-13-44-40(61)38(59)36(57)34(55)29(51)20-47/h21-30,32-38,46-52,54-59H,4-20H2,1-3H3,(H,43,60)(H,44,61)/t21-,22+,23+,24+,25+,26-,27+,28+,29+,30+,32-,33-,34-,35-,36-,37-,38-,41+,42-/m1/s1. The molecule has 0 radical (unpaired) electrons. The highest BCUT2D eigenvalue weighted by Gasteiger charge is 2.65.